The van der Waals surface area contributed by atoms with Crippen LogP contribution >= 0.6 is 11.6 Å². The van der Waals surface area contributed by atoms with Crippen LogP contribution < -0.4 is 15.4 Å². The highest BCUT2D eigenvalue weighted by molar-refractivity contribution is 6.32. The summed E-state index contributed by atoms with van der Waals surface area (Å²) in [6.45, 7) is 1.62. The van der Waals surface area contributed by atoms with Crippen molar-refractivity contribution in [2.24, 2.45) is 0 Å². The quantitative estimate of drug-likeness (QED) is 0.503. The molecule has 7 nitrogen and oxygen atoms in total. The Morgan fingerprint density at radius 1 is 0.844 bits per heavy atom. The smallest absolute Gasteiger partial charge is 0.337 e. The first kappa shape index (κ1) is 22.8. The Morgan fingerprint density at radius 3 is 2.12 bits per heavy atom. The summed E-state index contributed by atoms with van der Waals surface area (Å²) >= 11 is 6.05. The fourth-order valence-electron chi connectivity index (χ4n) is 2.77. The van der Waals surface area contributed by atoms with Crippen LogP contribution in [0.15, 0.2) is 72.8 Å². The highest BCUT2D eigenvalue weighted by Gasteiger charge is 2.16. The number of carbonyl (C=O) groups excluding carboxylic acids is 3. The zero-order chi connectivity index (χ0) is 23.1. The number of halogens is 1. The van der Waals surface area contributed by atoms with E-state index >= 15 is 0 Å². The molecule has 3 aromatic rings. The van der Waals surface area contributed by atoms with Gasteiger partial charge in [-0.15, -0.1) is 0 Å². The molecule has 8 heteroatoms. The topological polar surface area (TPSA) is 93.7 Å². The number of para-hydroxylation sites is 1. The third-order valence-corrected chi connectivity index (χ3v) is 4.78. The second-order valence-electron chi connectivity index (χ2n) is 6.78. The molecule has 0 bridgehead atoms. The second-order valence-corrected chi connectivity index (χ2v) is 7.19. The van der Waals surface area contributed by atoms with E-state index in [1.807, 2.05) is 0 Å². The second kappa shape index (κ2) is 10.5. The zero-order valence-electron chi connectivity index (χ0n) is 17.4. The lowest BCUT2D eigenvalue weighted by Crippen LogP contribution is -2.30. The molecular weight excluding hydrogens is 432 g/mol. The summed E-state index contributed by atoms with van der Waals surface area (Å²) in [5.41, 5.74) is 1.66. The standard InChI is InChI=1S/C24H21ClN2O5/c1-15(32-21-9-4-3-8-20(21)25)22(28)26-18-10-12-19(13-11-18)27-23(29)16-6-5-7-17(14-16)24(30)31-2/h3-15H,1-2H3,(H,26,28)(H,27,29). The van der Waals surface area contributed by atoms with Crippen molar-refractivity contribution in [3.8, 4) is 5.75 Å². The average Bonchev–Trinajstić information content (AvgIpc) is 2.81. The van der Waals surface area contributed by atoms with E-state index in [9.17, 15) is 14.4 Å². The number of anilines is 2. The number of benzene rings is 3. The molecule has 2 N–H and O–H groups in total. The van der Waals surface area contributed by atoms with Gasteiger partial charge in [0, 0.05) is 16.9 Å². The summed E-state index contributed by atoms with van der Waals surface area (Å²) in [6, 6.07) is 19.7. The molecule has 0 saturated carbocycles. The Bertz CT molecular complexity index is 1130. The number of amides is 2. The summed E-state index contributed by atoms with van der Waals surface area (Å²) in [5, 5.41) is 5.91. The summed E-state index contributed by atoms with van der Waals surface area (Å²) in [7, 11) is 1.28. The lowest BCUT2D eigenvalue weighted by atomic mass is 10.1. The first-order chi connectivity index (χ1) is 15.4. The van der Waals surface area contributed by atoms with E-state index in [0.29, 0.717) is 27.7 Å². The van der Waals surface area contributed by atoms with Crippen molar-refractivity contribution in [2.75, 3.05) is 17.7 Å². The summed E-state index contributed by atoms with van der Waals surface area (Å²) in [5.74, 6) is -0.825. The lowest BCUT2D eigenvalue weighted by Gasteiger charge is -2.15. The normalized spacial score (nSPS) is 11.2. The minimum atomic E-state index is -0.767. The first-order valence-electron chi connectivity index (χ1n) is 9.69. The van der Waals surface area contributed by atoms with E-state index in [1.54, 1.807) is 73.7 Å². The van der Waals surface area contributed by atoms with Crippen molar-refractivity contribution >= 4 is 40.8 Å². The molecule has 1 unspecified atom stereocenters. The van der Waals surface area contributed by atoms with Gasteiger partial charge in [-0.25, -0.2) is 4.79 Å². The highest BCUT2D eigenvalue weighted by Crippen LogP contribution is 2.24. The van der Waals surface area contributed by atoms with Crippen LogP contribution in [0, 0.1) is 0 Å². The molecule has 0 heterocycles. The third-order valence-electron chi connectivity index (χ3n) is 4.47. The number of carbonyl (C=O) groups is 3. The minimum Gasteiger partial charge on any atom is -0.479 e. The summed E-state index contributed by atoms with van der Waals surface area (Å²) in [4.78, 5) is 36.5. The van der Waals surface area contributed by atoms with Gasteiger partial charge in [0.2, 0.25) is 0 Å². The Labute approximate surface area is 190 Å². The van der Waals surface area contributed by atoms with E-state index in [2.05, 4.69) is 15.4 Å². The molecule has 32 heavy (non-hydrogen) atoms. The van der Waals surface area contributed by atoms with Crippen LogP contribution in [-0.4, -0.2) is 31.0 Å². The predicted molar refractivity (Wildman–Crippen MR) is 122 cm³/mol. The number of rotatable bonds is 7. The van der Waals surface area contributed by atoms with Gasteiger partial charge >= 0.3 is 5.97 Å². The molecule has 164 valence electrons. The van der Waals surface area contributed by atoms with E-state index in [0.717, 1.165) is 0 Å². The summed E-state index contributed by atoms with van der Waals surface area (Å²) in [6.07, 6.45) is -0.767. The molecular formula is C24H21ClN2O5. The Hall–Kier alpha value is -3.84. The molecule has 1 atom stereocenters. The van der Waals surface area contributed by atoms with E-state index < -0.39 is 12.1 Å². The van der Waals surface area contributed by atoms with Gasteiger partial charge in [-0.3, -0.25) is 9.59 Å². The predicted octanol–water partition coefficient (Wildman–Crippen LogP) is 4.78. The molecule has 0 fully saturated rings. The lowest BCUT2D eigenvalue weighted by molar-refractivity contribution is -0.122. The summed E-state index contributed by atoms with van der Waals surface area (Å²) < 4.78 is 10.3. The van der Waals surface area contributed by atoms with Crippen molar-refractivity contribution in [3.63, 3.8) is 0 Å². The van der Waals surface area contributed by atoms with Crippen molar-refractivity contribution in [1.29, 1.82) is 0 Å². The van der Waals surface area contributed by atoms with Gasteiger partial charge in [0.25, 0.3) is 11.8 Å². The van der Waals surface area contributed by atoms with Crippen molar-refractivity contribution in [3.05, 3.63) is 88.9 Å². The molecule has 0 aromatic heterocycles. The molecule has 3 rings (SSSR count). The number of esters is 1. The van der Waals surface area contributed by atoms with Gasteiger partial charge in [0.05, 0.1) is 17.7 Å². The highest BCUT2D eigenvalue weighted by atomic mass is 35.5. The monoisotopic (exact) mass is 452 g/mol. The van der Waals surface area contributed by atoms with Gasteiger partial charge in [-0.1, -0.05) is 29.8 Å². The maximum Gasteiger partial charge on any atom is 0.337 e. The molecule has 3 aromatic carbocycles. The number of methoxy groups -OCH3 is 1. The van der Waals surface area contributed by atoms with Crippen LogP contribution in [0.1, 0.15) is 27.6 Å². The Kier molecular flexibility index (Phi) is 7.46. The van der Waals surface area contributed by atoms with Gasteiger partial charge in [0.15, 0.2) is 6.10 Å². The maximum absolute atomic E-state index is 12.5. The van der Waals surface area contributed by atoms with Crippen LogP contribution in [0.3, 0.4) is 0 Å². The van der Waals surface area contributed by atoms with E-state index in [1.165, 1.54) is 13.2 Å². The van der Waals surface area contributed by atoms with Crippen LogP contribution in [0.5, 0.6) is 5.75 Å². The minimum absolute atomic E-state index is 0.284. The molecule has 0 radical (unpaired) electrons. The van der Waals surface area contributed by atoms with Gasteiger partial charge < -0.3 is 20.1 Å². The Morgan fingerprint density at radius 2 is 1.47 bits per heavy atom. The maximum atomic E-state index is 12.5. The molecule has 2 amide bonds. The zero-order valence-corrected chi connectivity index (χ0v) is 18.2. The number of hydrogen-bond donors (Lipinski definition) is 2. The number of nitrogens with one attached hydrogen (secondary N) is 2. The third kappa shape index (κ3) is 5.86. The van der Waals surface area contributed by atoms with Crippen molar-refractivity contribution in [2.45, 2.75) is 13.0 Å². The molecule has 0 spiro atoms. The fraction of sp³-hybridized carbons (Fsp3) is 0.125. The van der Waals surface area contributed by atoms with Crippen LogP contribution in [0.25, 0.3) is 0 Å². The van der Waals surface area contributed by atoms with Gasteiger partial charge in [-0.05, 0) is 61.5 Å². The number of ether oxygens (including phenoxy) is 2. The van der Waals surface area contributed by atoms with Gasteiger partial charge in [0.1, 0.15) is 5.75 Å². The SMILES string of the molecule is COC(=O)c1cccc(C(=O)Nc2ccc(NC(=O)C(C)Oc3ccccc3Cl)cc2)c1. The fourth-order valence-corrected chi connectivity index (χ4v) is 2.95. The number of hydrogen-bond acceptors (Lipinski definition) is 5. The Balaban J connectivity index is 1.59. The largest absolute Gasteiger partial charge is 0.479 e. The first-order valence-corrected chi connectivity index (χ1v) is 10.1. The molecule has 0 aliphatic rings. The van der Waals surface area contributed by atoms with Crippen LogP contribution in [0.2, 0.25) is 5.02 Å². The van der Waals surface area contributed by atoms with Crippen molar-refractivity contribution in [1.82, 2.24) is 0 Å². The van der Waals surface area contributed by atoms with E-state index in [-0.39, 0.29) is 17.4 Å². The van der Waals surface area contributed by atoms with Gasteiger partial charge in [-0.2, -0.15) is 0 Å². The van der Waals surface area contributed by atoms with Crippen LogP contribution in [0.4, 0.5) is 11.4 Å². The van der Waals surface area contributed by atoms with Crippen molar-refractivity contribution < 1.29 is 23.9 Å². The van der Waals surface area contributed by atoms with E-state index in [4.69, 9.17) is 16.3 Å². The molecule has 0 aliphatic carbocycles. The average molecular weight is 453 g/mol. The van der Waals surface area contributed by atoms with Crippen LogP contribution in [-0.2, 0) is 9.53 Å². The molecule has 0 aliphatic heterocycles. The molecule has 0 saturated heterocycles.